The van der Waals surface area contributed by atoms with Crippen molar-refractivity contribution in [3.63, 3.8) is 0 Å². The van der Waals surface area contributed by atoms with E-state index in [4.69, 9.17) is 5.73 Å². The van der Waals surface area contributed by atoms with Crippen molar-refractivity contribution in [2.45, 2.75) is 19.9 Å². The molecule has 1 heterocycles. The molecule has 0 saturated carbocycles. The molecule has 84 valence electrons. The zero-order valence-corrected chi connectivity index (χ0v) is 9.56. The second kappa shape index (κ2) is 4.94. The van der Waals surface area contributed by atoms with Gasteiger partial charge in [-0.3, -0.25) is 0 Å². The predicted octanol–water partition coefficient (Wildman–Crippen LogP) is 2.21. The number of nitrogens with two attached hydrogens (primary N) is 1. The standard InChI is InChI=1S/C13H17N3/c1-11-4-2-5-12(8-11)13-9-15-10-16(13)7-3-6-14/h2,4-5,8-10H,3,6-7,14H2,1H3. The number of rotatable bonds is 4. The van der Waals surface area contributed by atoms with E-state index in [0.717, 1.165) is 18.7 Å². The third kappa shape index (κ3) is 2.31. The number of benzene rings is 1. The first-order chi connectivity index (χ1) is 7.81. The van der Waals surface area contributed by atoms with Crippen LogP contribution in [-0.4, -0.2) is 16.1 Å². The summed E-state index contributed by atoms with van der Waals surface area (Å²) in [6.45, 7) is 3.75. The van der Waals surface area contributed by atoms with Gasteiger partial charge in [0.05, 0.1) is 18.2 Å². The largest absolute Gasteiger partial charge is 0.331 e. The molecular weight excluding hydrogens is 198 g/mol. The summed E-state index contributed by atoms with van der Waals surface area (Å²) < 4.78 is 2.15. The van der Waals surface area contributed by atoms with Gasteiger partial charge < -0.3 is 10.3 Å². The van der Waals surface area contributed by atoms with E-state index in [1.54, 1.807) is 0 Å². The SMILES string of the molecule is Cc1cccc(-c2cncn2CCCN)c1. The van der Waals surface area contributed by atoms with E-state index in [1.165, 1.54) is 11.1 Å². The van der Waals surface area contributed by atoms with Gasteiger partial charge in [-0.05, 0) is 26.0 Å². The van der Waals surface area contributed by atoms with Crippen molar-refractivity contribution in [3.05, 3.63) is 42.4 Å². The van der Waals surface area contributed by atoms with Crippen molar-refractivity contribution in [2.24, 2.45) is 5.73 Å². The minimum atomic E-state index is 0.714. The van der Waals surface area contributed by atoms with Crippen LogP contribution in [0, 0.1) is 6.92 Å². The van der Waals surface area contributed by atoms with E-state index in [9.17, 15) is 0 Å². The smallest absolute Gasteiger partial charge is 0.0950 e. The maximum atomic E-state index is 5.52. The number of aromatic nitrogens is 2. The lowest BCUT2D eigenvalue weighted by molar-refractivity contribution is 0.655. The first-order valence-electron chi connectivity index (χ1n) is 5.58. The highest BCUT2D eigenvalue weighted by Gasteiger charge is 2.04. The molecule has 0 bridgehead atoms. The van der Waals surface area contributed by atoms with Gasteiger partial charge in [-0.15, -0.1) is 0 Å². The van der Waals surface area contributed by atoms with Crippen LogP contribution in [0.4, 0.5) is 0 Å². The highest BCUT2D eigenvalue weighted by molar-refractivity contribution is 5.59. The Balaban J connectivity index is 2.29. The molecule has 3 nitrogen and oxygen atoms in total. The van der Waals surface area contributed by atoms with E-state index in [2.05, 4.69) is 40.7 Å². The fraction of sp³-hybridized carbons (Fsp3) is 0.308. The molecule has 1 aromatic heterocycles. The molecule has 0 radical (unpaired) electrons. The number of imidazole rings is 1. The Kier molecular flexibility index (Phi) is 3.37. The highest BCUT2D eigenvalue weighted by atomic mass is 15.0. The van der Waals surface area contributed by atoms with Gasteiger partial charge in [-0.1, -0.05) is 23.8 Å². The third-order valence-electron chi connectivity index (χ3n) is 2.63. The highest BCUT2D eigenvalue weighted by Crippen LogP contribution is 2.20. The summed E-state index contributed by atoms with van der Waals surface area (Å²) >= 11 is 0. The third-order valence-corrected chi connectivity index (χ3v) is 2.63. The maximum Gasteiger partial charge on any atom is 0.0950 e. The Labute approximate surface area is 95.9 Å². The van der Waals surface area contributed by atoms with Gasteiger partial charge in [-0.25, -0.2) is 4.98 Å². The van der Waals surface area contributed by atoms with Gasteiger partial charge in [0.2, 0.25) is 0 Å². The lowest BCUT2D eigenvalue weighted by Gasteiger charge is -2.07. The molecule has 0 aliphatic heterocycles. The summed E-state index contributed by atoms with van der Waals surface area (Å²) in [6, 6.07) is 8.47. The quantitative estimate of drug-likeness (QED) is 0.849. The molecule has 2 N–H and O–H groups in total. The van der Waals surface area contributed by atoms with Crippen LogP contribution in [0.3, 0.4) is 0 Å². The second-order valence-electron chi connectivity index (χ2n) is 3.98. The van der Waals surface area contributed by atoms with Crippen LogP contribution in [-0.2, 0) is 6.54 Å². The Bertz CT molecular complexity index is 460. The molecule has 0 fully saturated rings. The van der Waals surface area contributed by atoms with Crippen molar-refractivity contribution in [3.8, 4) is 11.3 Å². The molecule has 0 saturated heterocycles. The maximum absolute atomic E-state index is 5.52. The summed E-state index contributed by atoms with van der Waals surface area (Å²) in [6.07, 6.45) is 4.76. The Morgan fingerprint density at radius 1 is 1.38 bits per heavy atom. The topological polar surface area (TPSA) is 43.8 Å². The molecule has 0 atom stereocenters. The average Bonchev–Trinajstić information content (AvgIpc) is 2.74. The molecule has 2 rings (SSSR count). The lowest BCUT2D eigenvalue weighted by Crippen LogP contribution is -2.05. The average molecular weight is 215 g/mol. The molecule has 0 aliphatic carbocycles. The Hall–Kier alpha value is -1.61. The van der Waals surface area contributed by atoms with Crippen LogP contribution in [0.5, 0.6) is 0 Å². The Morgan fingerprint density at radius 2 is 2.25 bits per heavy atom. The normalized spacial score (nSPS) is 10.6. The summed E-state index contributed by atoms with van der Waals surface area (Å²) in [5.74, 6) is 0. The van der Waals surface area contributed by atoms with E-state index in [1.807, 2.05) is 12.5 Å². The fourth-order valence-corrected chi connectivity index (χ4v) is 1.81. The van der Waals surface area contributed by atoms with Crippen molar-refractivity contribution in [2.75, 3.05) is 6.54 Å². The summed E-state index contributed by atoms with van der Waals surface area (Å²) in [7, 11) is 0. The monoisotopic (exact) mass is 215 g/mol. The van der Waals surface area contributed by atoms with E-state index in [0.29, 0.717) is 6.54 Å². The van der Waals surface area contributed by atoms with Crippen LogP contribution in [0.2, 0.25) is 0 Å². The zero-order valence-electron chi connectivity index (χ0n) is 9.56. The molecule has 0 amide bonds. The predicted molar refractivity (Wildman–Crippen MR) is 66.1 cm³/mol. The van der Waals surface area contributed by atoms with E-state index in [-0.39, 0.29) is 0 Å². The molecular formula is C13H17N3. The molecule has 1 aromatic carbocycles. The van der Waals surface area contributed by atoms with Gasteiger partial charge in [0.15, 0.2) is 0 Å². The number of hydrogen-bond donors (Lipinski definition) is 1. The van der Waals surface area contributed by atoms with Gasteiger partial charge in [0.25, 0.3) is 0 Å². The fourth-order valence-electron chi connectivity index (χ4n) is 1.81. The summed E-state index contributed by atoms with van der Waals surface area (Å²) in [5.41, 5.74) is 9.17. The van der Waals surface area contributed by atoms with Gasteiger partial charge in [-0.2, -0.15) is 0 Å². The van der Waals surface area contributed by atoms with Gasteiger partial charge in [0.1, 0.15) is 0 Å². The van der Waals surface area contributed by atoms with Crippen molar-refractivity contribution in [1.29, 1.82) is 0 Å². The minimum absolute atomic E-state index is 0.714. The molecule has 2 aromatic rings. The van der Waals surface area contributed by atoms with Crippen molar-refractivity contribution in [1.82, 2.24) is 9.55 Å². The molecule has 0 unspecified atom stereocenters. The van der Waals surface area contributed by atoms with Crippen LogP contribution in [0.25, 0.3) is 11.3 Å². The van der Waals surface area contributed by atoms with Gasteiger partial charge >= 0.3 is 0 Å². The van der Waals surface area contributed by atoms with E-state index < -0.39 is 0 Å². The van der Waals surface area contributed by atoms with Crippen LogP contribution in [0.1, 0.15) is 12.0 Å². The van der Waals surface area contributed by atoms with Crippen LogP contribution < -0.4 is 5.73 Å². The van der Waals surface area contributed by atoms with E-state index >= 15 is 0 Å². The van der Waals surface area contributed by atoms with Gasteiger partial charge in [0, 0.05) is 12.1 Å². The van der Waals surface area contributed by atoms with Crippen LogP contribution in [0.15, 0.2) is 36.8 Å². The van der Waals surface area contributed by atoms with Crippen LogP contribution >= 0.6 is 0 Å². The Morgan fingerprint density at radius 3 is 3.00 bits per heavy atom. The first kappa shape index (κ1) is 10.9. The summed E-state index contributed by atoms with van der Waals surface area (Å²) in [4.78, 5) is 4.20. The molecule has 16 heavy (non-hydrogen) atoms. The molecule has 0 spiro atoms. The first-order valence-corrected chi connectivity index (χ1v) is 5.58. The van der Waals surface area contributed by atoms with Crippen molar-refractivity contribution < 1.29 is 0 Å². The molecule has 3 heteroatoms. The lowest BCUT2D eigenvalue weighted by atomic mass is 10.1. The summed E-state index contributed by atoms with van der Waals surface area (Å²) in [5, 5.41) is 0. The number of aryl methyl sites for hydroxylation is 2. The number of nitrogens with zero attached hydrogens (tertiary/aromatic N) is 2. The van der Waals surface area contributed by atoms with Crippen molar-refractivity contribution >= 4 is 0 Å². The number of hydrogen-bond acceptors (Lipinski definition) is 2. The second-order valence-corrected chi connectivity index (χ2v) is 3.98. The zero-order chi connectivity index (χ0) is 11.4. The molecule has 0 aliphatic rings. The minimum Gasteiger partial charge on any atom is -0.331 e.